The average Bonchev–Trinajstić information content (AvgIpc) is 3.36. The highest BCUT2D eigenvalue weighted by Gasteiger charge is 2.37. The largest absolute Gasteiger partial charge is 0.347 e. The molecular weight excluding hydrogens is 514 g/mol. The van der Waals surface area contributed by atoms with Crippen molar-refractivity contribution in [2.45, 2.75) is 29.1 Å². The van der Waals surface area contributed by atoms with Gasteiger partial charge in [0.15, 0.2) is 11.0 Å². The molecule has 1 aliphatic heterocycles. The Bertz CT molecular complexity index is 1900. The van der Waals surface area contributed by atoms with Crippen LogP contribution < -0.4 is 9.47 Å². The van der Waals surface area contributed by atoms with Crippen LogP contribution in [-0.2, 0) is 22.3 Å². The fourth-order valence-corrected chi connectivity index (χ4v) is 7.12. The molecule has 200 valence electrons. The lowest BCUT2D eigenvalue weighted by atomic mass is 9.84. The van der Waals surface area contributed by atoms with Gasteiger partial charge in [-0.25, -0.2) is 13.0 Å². The second kappa shape index (κ2) is 9.65. The lowest BCUT2D eigenvalue weighted by Crippen LogP contribution is -2.31. The number of hydrogen-bond acceptors (Lipinski definition) is 3. The molecule has 0 saturated heterocycles. The van der Waals surface area contributed by atoms with Crippen molar-refractivity contribution >= 4 is 32.6 Å². The van der Waals surface area contributed by atoms with Gasteiger partial charge in [-0.2, -0.15) is 4.57 Å². The number of benzene rings is 4. The number of hydrogen-bond donors (Lipinski definition) is 0. The Morgan fingerprint density at radius 1 is 0.800 bits per heavy atom. The normalized spacial score (nSPS) is 15.8. The molecule has 0 spiro atoms. The zero-order valence-electron chi connectivity index (χ0n) is 23.1. The average molecular weight is 547 g/mol. The maximum atomic E-state index is 13.4. The van der Waals surface area contributed by atoms with Crippen LogP contribution in [-0.4, -0.2) is 20.0 Å². The third-order valence-electron chi connectivity index (χ3n) is 7.94. The summed E-state index contributed by atoms with van der Waals surface area (Å²) in [5, 5.41) is 0. The van der Waals surface area contributed by atoms with Gasteiger partial charge in [-0.05, 0) is 54.1 Å². The van der Waals surface area contributed by atoms with Crippen LogP contribution in [0.3, 0.4) is 0 Å². The van der Waals surface area contributed by atoms with Crippen molar-refractivity contribution in [3.05, 3.63) is 132 Å². The zero-order chi connectivity index (χ0) is 28.1. The molecule has 5 aromatic rings. The van der Waals surface area contributed by atoms with Crippen molar-refractivity contribution in [3.63, 3.8) is 0 Å². The number of likely N-dealkylation sites (N-methyl/N-ethyl adjacent to an activating group) is 1. The Balaban J connectivity index is 1.49. The number of imidazole rings is 1. The smallest absolute Gasteiger partial charge is 0.287 e. The predicted octanol–water partition coefficient (Wildman–Crippen LogP) is 6.61. The van der Waals surface area contributed by atoms with Gasteiger partial charge in [-0.1, -0.05) is 74.5 Å². The lowest BCUT2D eigenvalue weighted by Gasteiger charge is -2.23. The van der Waals surface area contributed by atoms with Crippen LogP contribution in [0.4, 0.5) is 5.69 Å². The molecule has 0 bridgehead atoms. The fraction of sp³-hybridized carbons (Fsp3) is 0.147. The van der Waals surface area contributed by atoms with Crippen molar-refractivity contribution in [1.82, 2.24) is 4.57 Å². The maximum Gasteiger partial charge on any atom is 0.287 e. The van der Waals surface area contributed by atoms with E-state index in [1.165, 1.54) is 16.9 Å². The van der Waals surface area contributed by atoms with E-state index in [9.17, 15) is 8.42 Å². The third-order valence-corrected chi connectivity index (χ3v) is 9.71. The van der Waals surface area contributed by atoms with Gasteiger partial charge in [0.1, 0.15) is 5.69 Å². The van der Waals surface area contributed by atoms with Gasteiger partial charge < -0.3 is 4.90 Å². The van der Waals surface area contributed by atoms with Crippen molar-refractivity contribution in [3.8, 4) is 5.69 Å². The second-order valence-electron chi connectivity index (χ2n) is 10.7. The lowest BCUT2D eigenvalue weighted by molar-refractivity contribution is -0.647. The SMILES string of the molecule is CN1C(=CC=Cc2n(-c3ccccc3)c3ccc(S(=O)(=O)c4ccccc4)cc3[n+]2C)C(C)(C)c2ccccc21. The van der Waals surface area contributed by atoms with E-state index in [0.29, 0.717) is 0 Å². The fourth-order valence-electron chi connectivity index (χ4n) is 5.82. The van der Waals surface area contributed by atoms with E-state index < -0.39 is 9.84 Å². The van der Waals surface area contributed by atoms with Crippen LogP contribution in [0.25, 0.3) is 22.8 Å². The predicted molar refractivity (Wildman–Crippen MR) is 161 cm³/mol. The zero-order valence-corrected chi connectivity index (χ0v) is 23.9. The van der Waals surface area contributed by atoms with E-state index in [2.05, 4.69) is 89.6 Å². The molecule has 0 atom stereocenters. The Kier molecular flexibility index (Phi) is 6.23. The summed E-state index contributed by atoms with van der Waals surface area (Å²) in [5.74, 6) is 0.934. The molecule has 6 rings (SSSR count). The summed E-state index contributed by atoms with van der Waals surface area (Å²) in [4.78, 5) is 2.82. The first-order valence-corrected chi connectivity index (χ1v) is 14.8. The number of para-hydroxylation sites is 2. The van der Waals surface area contributed by atoms with Gasteiger partial charge in [0.2, 0.25) is 9.84 Å². The molecule has 2 heterocycles. The van der Waals surface area contributed by atoms with Crippen LogP contribution in [0.2, 0.25) is 0 Å². The molecule has 6 heteroatoms. The summed E-state index contributed by atoms with van der Waals surface area (Å²) in [6.45, 7) is 4.51. The van der Waals surface area contributed by atoms with Gasteiger partial charge in [0.05, 0.1) is 16.8 Å². The first-order valence-electron chi connectivity index (χ1n) is 13.3. The molecule has 0 N–H and O–H groups in total. The molecule has 1 aliphatic rings. The van der Waals surface area contributed by atoms with E-state index in [1.54, 1.807) is 36.4 Å². The Morgan fingerprint density at radius 3 is 2.15 bits per heavy atom. The summed E-state index contributed by atoms with van der Waals surface area (Å²) in [6.07, 6.45) is 6.37. The van der Waals surface area contributed by atoms with Crippen LogP contribution >= 0.6 is 0 Å². The van der Waals surface area contributed by atoms with Crippen molar-refractivity contribution in [2.24, 2.45) is 7.05 Å². The first-order chi connectivity index (χ1) is 19.2. The number of nitrogens with zero attached hydrogens (tertiary/aromatic N) is 3. The second-order valence-corrected chi connectivity index (χ2v) is 12.6. The highest BCUT2D eigenvalue weighted by molar-refractivity contribution is 7.91. The molecule has 40 heavy (non-hydrogen) atoms. The summed E-state index contributed by atoms with van der Waals surface area (Å²) >= 11 is 0. The van der Waals surface area contributed by atoms with Gasteiger partial charge in [-0.15, -0.1) is 0 Å². The molecule has 0 aliphatic carbocycles. The molecule has 0 saturated carbocycles. The van der Waals surface area contributed by atoms with Crippen molar-refractivity contribution in [2.75, 3.05) is 11.9 Å². The van der Waals surface area contributed by atoms with Crippen LogP contribution in [0.5, 0.6) is 0 Å². The van der Waals surface area contributed by atoms with E-state index >= 15 is 0 Å². The Labute approximate surface area is 235 Å². The van der Waals surface area contributed by atoms with Gasteiger partial charge in [0.25, 0.3) is 5.82 Å². The number of sulfone groups is 1. The number of rotatable bonds is 5. The molecule has 0 radical (unpaired) electrons. The molecule has 0 amide bonds. The summed E-state index contributed by atoms with van der Waals surface area (Å²) < 4.78 is 31.0. The topological polar surface area (TPSA) is 46.2 Å². The van der Waals surface area contributed by atoms with E-state index in [4.69, 9.17) is 0 Å². The van der Waals surface area contributed by atoms with Crippen LogP contribution in [0, 0.1) is 0 Å². The van der Waals surface area contributed by atoms with Crippen molar-refractivity contribution in [1.29, 1.82) is 0 Å². The molecule has 0 fully saturated rings. The summed E-state index contributed by atoms with van der Waals surface area (Å²) in [6, 6.07) is 32.6. The van der Waals surface area contributed by atoms with Crippen molar-refractivity contribution < 1.29 is 13.0 Å². The van der Waals surface area contributed by atoms with E-state index in [-0.39, 0.29) is 15.2 Å². The highest BCUT2D eigenvalue weighted by Crippen LogP contribution is 2.46. The molecule has 0 unspecified atom stereocenters. The minimum atomic E-state index is -3.64. The monoisotopic (exact) mass is 546 g/mol. The minimum absolute atomic E-state index is 0.120. The first kappa shape index (κ1) is 25.8. The number of allylic oxidation sites excluding steroid dienone is 3. The highest BCUT2D eigenvalue weighted by atomic mass is 32.2. The van der Waals surface area contributed by atoms with Gasteiger partial charge >= 0.3 is 0 Å². The minimum Gasteiger partial charge on any atom is -0.347 e. The third kappa shape index (κ3) is 4.07. The Morgan fingerprint density at radius 2 is 1.45 bits per heavy atom. The Hall–Kier alpha value is -4.42. The number of aromatic nitrogens is 2. The maximum absolute atomic E-state index is 13.4. The number of fused-ring (bicyclic) bond motifs is 2. The summed E-state index contributed by atoms with van der Waals surface area (Å²) in [7, 11) is 0.451. The summed E-state index contributed by atoms with van der Waals surface area (Å²) in [5.41, 5.74) is 6.40. The van der Waals surface area contributed by atoms with E-state index in [1.807, 2.05) is 37.4 Å². The van der Waals surface area contributed by atoms with Crippen LogP contribution in [0.15, 0.2) is 131 Å². The molecule has 5 nitrogen and oxygen atoms in total. The quantitative estimate of drug-likeness (QED) is 0.233. The number of aryl methyl sites for hydroxylation is 1. The molecular formula is C34H32N3O2S+. The van der Waals surface area contributed by atoms with Gasteiger partial charge in [-0.3, -0.25) is 0 Å². The standard InChI is InChI=1S/C34H32N3O2S/c1-34(2)28-18-11-12-19-29(28)35(3)32(34)20-13-21-33-36(4)31-24-27(40(38,39)26-16-9-6-10-17-26)22-23-30(31)37(33)25-14-7-5-8-15-25/h5-24H,1-4H3/q+1. The molecule has 1 aromatic heterocycles. The van der Waals surface area contributed by atoms with E-state index in [0.717, 1.165) is 22.5 Å². The van der Waals surface area contributed by atoms with Gasteiger partial charge in [0, 0.05) is 36.0 Å². The van der Waals surface area contributed by atoms with Crippen LogP contribution in [0.1, 0.15) is 25.2 Å². The number of anilines is 1. The molecule has 4 aromatic carbocycles.